The highest BCUT2D eigenvalue weighted by Gasteiger charge is 2.78. The van der Waals surface area contributed by atoms with Gasteiger partial charge in [-0.2, -0.15) is 0 Å². The van der Waals surface area contributed by atoms with Crippen LogP contribution >= 0.6 is 11.8 Å². The van der Waals surface area contributed by atoms with Crippen LogP contribution in [0.25, 0.3) is 0 Å². The number of likely N-dealkylation sites (tertiary alicyclic amines) is 1. The van der Waals surface area contributed by atoms with Crippen molar-refractivity contribution >= 4 is 29.5 Å². The number of hydrogen-bond acceptors (Lipinski definition) is 6. The van der Waals surface area contributed by atoms with Crippen LogP contribution in [0.3, 0.4) is 0 Å². The predicted molar refractivity (Wildman–Crippen MR) is 154 cm³/mol. The molecule has 0 aromatic heterocycles. The first kappa shape index (κ1) is 29.4. The van der Waals surface area contributed by atoms with Crippen LogP contribution in [-0.4, -0.2) is 74.5 Å². The molecule has 3 aliphatic heterocycles. The number of nitrogens with zero attached hydrogens (tertiary/aromatic N) is 2. The molecule has 1 N–H and O–H groups in total. The molecule has 0 aliphatic carbocycles. The van der Waals surface area contributed by atoms with E-state index >= 15 is 0 Å². The van der Waals surface area contributed by atoms with Gasteiger partial charge in [0.1, 0.15) is 6.04 Å². The first-order valence-electron chi connectivity index (χ1n) is 14.1. The van der Waals surface area contributed by atoms with Crippen molar-refractivity contribution in [2.24, 2.45) is 11.8 Å². The van der Waals surface area contributed by atoms with Crippen LogP contribution in [0.2, 0.25) is 0 Å². The van der Waals surface area contributed by atoms with Gasteiger partial charge in [-0.1, -0.05) is 55.8 Å². The SMILES string of the molecule is C=CCCCOC(=O)[C@H]1[C@H]2C(=O)N([C@H](CO)c3ccccc3)C(C(=O)N(CC=C)CCCC)C23CC[C@]1(C)S3. The van der Waals surface area contributed by atoms with Crippen molar-refractivity contribution in [1.82, 2.24) is 9.80 Å². The number of fused-ring (bicyclic) bond motifs is 1. The van der Waals surface area contributed by atoms with Crippen molar-refractivity contribution in [2.45, 2.75) is 74.0 Å². The number of rotatable bonds is 14. The molecule has 3 saturated heterocycles. The smallest absolute Gasteiger partial charge is 0.311 e. The van der Waals surface area contributed by atoms with Crippen molar-refractivity contribution in [3.8, 4) is 0 Å². The number of aliphatic hydroxyl groups excluding tert-OH is 1. The molecular formula is C31H42N2O5S. The topological polar surface area (TPSA) is 87.1 Å². The zero-order chi connectivity index (χ0) is 28.2. The van der Waals surface area contributed by atoms with E-state index in [1.165, 1.54) is 0 Å². The zero-order valence-electron chi connectivity index (χ0n) is 23.2. The molecule has 2 unspecified atom stereocenters. The minimum atomic E-state index is -0.797. The van der Waals surface area contributed by atoms with Gasteiger partial charge in [0.2, 0.25) is 11.8 Å². The standard InChI is InChI=1S/C31H42N2O5S/c1-5-8-13-20-38-29(37)25-24-27(35)33(23(21-34)22-14-11-10-12-15-22)26(31(24)17-16-30(25,4)39-31)28(36)32(18-7-3)19-9-6-2/h5,7,10-12,14-15,23-26,34H,1,3,6,8-9,13,16-21H2,2,4H3/t23-,24+,25-,26?,30+,31?/m1/s1. The van der Waals surface area contributed by atoms with E-state index in [2.05, 4.69) is 20.1 Å². The maximum atomic E-state index is 14.5. The van der Waals surface area contributed by atoms with E-state index in [0.717, 1.165) is 31.2 Å². The largest absolute Gasteiger partial charge is 0.465 e. The second-order valence-corrected chi connectivity index (χ2v) is 13.0. The summed E-state index contributed by atoms with van der Waals surface area (Å²) in [6, 6.07) is 7.87. The lowest BCUT2D eigenvalue weighted by Gasteiger charge is -2.39. The summed E-state index contributed by atoms with van der Waals surface area (Å²) in [5.41, 5.74) is 0.765. The highest BCUT2D eigenvalue weighted by molar-refractivity contribution is 8.02. The maximum Gasteiger partial charge on any atom is 0.311 e. The Morgan fingerprint density at radius 1 is 1.23 bits per heavy atom. The van der Waals surface area contributed by atoms with Gasteiger partial charge in [-0.15, -0.1) is 24.9 Å². The number of amides is 2. The number of hydrogen-bond donors (Lipinski definition) is 1. The fourth-order valence-corrected chi connectivity index (χ4v) is 9.15. The van der Waals surface area contributed by atoms with Crippen LogP contribution in [0.1, 0.15) is 64.0 Å². The summed E-state index contributed by atoms with van der Waals surface area (Å²) >= 11 is 1.62. The van der Waals surface area contributed by atoms with Crippen LogP contribution in [0.5, 0.6) is 0 Å². The third kappa shape index (κ3) is 5.18. The molecule has 0 saturated carbocycles. The molecule has 2 bridgehead atoms. The van der Waals surface area contributed by atoms with E-state index in [1.54, 1.807) is 33.7 Å². The van der Waals surface area contributed by atoms with Crippen molar-refractivity contribution in [2.75, 3.05) is 26.3 Å². The number of benzene rings is 1. The first-order valence-corrected chi connectivity index (χ1v) is 15.0. The first-order chi connectivity index (χ1) is 18.8. The van der Waals surface area contributed by atoms with E-state index < -0.39 is 33.4 Å². The van der Waals surface area contributed by atoms with Crippen LogP contribution in [0, 0.1) is 11.8 Å². The maximum absolute atomic E-state index is 14.5. The Morgan fingerprint density at radius 3 is 2.62 bits per heavy atom. The number of carbonyl (C=O) groups excluding carboxylic acids is 3. The zero-order valence-corrected chi connectivity index (χ0v) is 24.0. The number of ether oxygens (including phenoxy) is 1. The Kier molecular flexibility index (Phi) is 9.27. The predicted octanol–water partition coefficient (Wildman–Crippen LogP) is 4.53. The van der Waals surface area contributed by atoms with E-state index in [0.29, 0.717) is 25.9 Å². The molecule has 4 rings (SSSR count). The van der Waals surface area contributed by atoms with Crippen LogP contribution in [-0.2, 0) is 19.1 Å². The van der Waals surface area contributed by atoms with Crippen molar-refractivity contribution in [3.63, 3.8) is 0 Å². The molecule has 39 heavy (non-hydrogen) atoms. The summed E-state index contributed by atoms with van der Waals surface area (Å²) in [7, 11) is 0. The van der Waals surface area contributed by atoms with Crippen molar-refractivity contribution in [1.29, 1.82) is 0 Å². The Labute approximate surface area is 236 Å². The van der Waals surface area contributed by atoms with Crippen molar-refractivity contribution in [3.05, 3.63) is 61.2 Å². The summed E-state index contributed by atoms with van der Waals surface area (Å²) < 4.78 is 4.46. The molecule has 6 atom stereocenters. The Morgan fingerprint density at radius 2 is 1.97 bits per heavy atom. The fourth-order valence-electron chi connectivity index (χ4n) is 6.83. The molecule has 212 valence electrons. The van der Waals surface area contributed by atoms with E-state index in [1.807, 2.05) is 37.3 Å². The van der Waals surface area contributed by atoms with Gasteiger partial charge >= 0.3 is 5.97 Å². The quantitative estimate of drug-likeness (QED) is 0.207. The monoisotopic (exact) mass is 554 g/mol. The second-order valence-electron chi connectivity index (χ2n) is 11.1. The second kappa shape index (κ2) is 12.3. The highest BCUT2D eigenvalue weighted by atomic mass is 32.2. The van der Waals surface area contributed by atoms with Gasteiger partial charge in [-0.05, 0) is 44.6 Å². The minimum Gasteiger partial charge on any atom is -0.465 e. The minimum absolute atomic E-state index is 0.134. The third-order valence-electron chi connectivity index (χ3n) is 8.64. The number of aliphatic hydroxyl groups is 1. The van der Waals surface area contributed by atoms with E-state index in [-0.39, 0.29) is 31.0 Å². The lowest BCUT2D eigenvalue weighted by Crippen LogP contribution is -2.55. The number of thioether (sulfide) groups is 1. The molecule has 1 aromatic carbocycles. The number of carbonyl (C=O) groups is 3. The molecule has 1 spiro atoms. The van der Waals surface area contributed by atoms with Gasteiger partial charge in [0.25, 0.3) is 0 Å². The highest BCUT2D eigenvalue weighted by Crippen LogP contribution is 2.72. The van der Waals surface area contributed by atoms with Gasteiger partial charge in [0, 0.05) is 17.8 Å². The molecule has 3 heterocycles. The Hall–Kier alpha value is -2.58. The lowest BCUT2D eigenvalue weighted by atomic mass is 9.66. The molecule has 0 radical (unpaired) electrons. The normalized spacial score (nSPS) is 29.7. The number of allylic oxidation sites excluding steroid dienone is 1. The number of unbranched alkanes of at least 4 members (excludes halogenated alkanes) is 2. The van der Waals surface area contributed by atoms with Crippen LogP contribution < -0.4 is 0 Å². The van der Waals surface area contributed by atoms with Crippen LogP contribution in [0.4, 0.5) is 0 Å². The summed E-state index contributed by atoms with van der Waals surface area (Å²) in [5.74, 6) is -2.07. The van der Waals surface area contributed by atoms with Crippen LogP contribution in [0.15, 0.2) is 55.6 Å². The Bertz CT molecular complexity index is 1080. The van der Waals surface area contributed by atoms with Gasteiger partial charge in [-0.3, -0.25) is 14.4 Å². The molecule has 3 aliphatic rings. The third-order valence-corrected chi connectivity index (χ3v) is 10.6. The summed E-state index contributed by atoms with van der Waals surface area (Å²) in [6.45, 7) is 12.6. The molecule has 7 nitrogen and oxygen atoms in total. The molecule has 3 fully saturated rings. The average molecular weight is 555 g/mol. The summed E-state index contributed by atoms with van der Waals surface area (Å²) in [5, 5.41) is 10.6. The lowest BCUT2D eigenvalue weighted by molar-refractivity contribution is -0.156. The van der Waals surface area contributed by atoms with Gasteiger partial charge in [0.15, 0.2) is 0 Å². The summed E-state index contributed by atoms with van der Waals surface area (Å²) in [6.07, 6.45) is 8.06. The van der Waals surface area contributed by atoms with Crippen molar-refractivity contribution < 1.29 is 24.2 Å². The molecule has 2 amide bonds. The van der Waals surface area contributed by atoms with E-state index in [4.69, 9.17) is 4.74 Å². The fraction of sp³-hybridized carbons (Fsp3) is 0.581. The van der Waals surface area contributed by atoms with Gasteiger partial charge < -0.3 is 19.6 Å². The van der Waals surface area contributed by atoms with E-state index in [9.17, 15) is 19.5 Å². The number of esters is 1. The average Bonchev–Trinajstić information content (AvgIpc) is 3.50. The van der Waals surface area contributed by atoms with Gasteiger partial charge in [-0.25, -0.2) is 0 Å². The van der Waals surface area contributed by atoms with Gasteiger partial charge in [0.05, 0.1) is 35.8 Å². The molecular weight excluding hydrogens is 512 g/mol. The molecule has 1 aromatic rings. The summed E-state index contributed by atoms with van der Waals surface area (Å²) in [4.78, 5) is 45.9. The Balaban J connectivity index is 1.78. The molecule has 8 heteroatoms.